The van der Waals surface area contributed by atoms with Crippen LogP contribution in [0.4, 0.5) is 21.0 Å². The molecule has 1 aromatic carbocycles. The van der Waals surface area contributed by atoms with Crippen molar-refractivity contribution in [3.8, 4) is 0 Å². The zero-order valence-electron chi connectivity index (χ0n) is 17.1. The highest BCUT2D eigenvalue weighted by atomic mass is 16.4. The SMILES string of the molecule is O=C1CCN(c2ccc(N3CCC(CN4CCN(C(=O)O)CC4)CC3)cc2)C(=O)N1. The molecule has 3 aliphatic heterocycles. The largest absolute Gasteiger partial charge is 0.465 e. The topological polar surface area (TPSA) is 96.4 Å². The summed E-state index contributed by atoms with van der Waals surface area (Å²) in [4.78, 5) is 42.2. The first kappa shape index (κ1) is 20.5. The Bertz CT molecular complexity index is 783. The number of hydrogen-bond acceptors (Lipinski definition) is 5. The van der Waals surface area contributed by atoms with Gasteiger partial charge in [-0.05, 0) is 43.0 Å². The van der Waals surface area contributed by atoms with Gasteiger partial charge in [0.1, 0.15) is 0 Å². The number of hydrogen-bond donors (Lipinski definition) is 2. The summed E-state index contributed by atoms with van der Waals surface area (Å²) in [5, 5.41) is 11.4. The molecule has 1 aromatic rings. The van der Waals surface area contributed by atoms with Crippen molar-refractivity contribution in [3.05, 3.63) is 24.3 Å². The van der Waals surface area contributed by atoms with Crippen molar-refractivity contribution in [2.75, 3.05) is 62.2 Å². The van der Waals surface area contributed by atoms with Gasteiger partial charge in [0, 0.05) is 70.2 Å². The molecule has 4 rings (SSSR count). The van der Waals surface area contributed by atoms with Crippen LogP contribution in [0.3, 0.4) is 0 Å². The van der Waals surface area contributed by atoms with Crippen molar-refractivity contribution in [1.29, 1.82) is 0 Å². The monoisotopic (exact) mass is 415 g/mol. The molecular weight excluding hydrogens is 386 g/mol. The highest BCUT2D eigenvalue weighted by Gasteiger charge is 2.26. The second-order valence-electron chi connectivity index (χ2n) is 8.27. The van der Waals surface area contributed by atoms with Crippen LogP contribution >= 0.6 is 0 Å². The predicted molar refractivity (Wildman–Crippen MR) is 113 cm³/mol. The molecule has 0 bridgehead atoms. The van der Waals surface area contributed by atoms with Gasteiger partial charge in [0.2, 0.25) is 5.91 Å². The summed E-state index contributed by atoms with van der Waals surface area (Å²) in [6.07, 6.45) is 1.75. The average molecular weight is 415 g/mol. The summed E-state index contributed by atoms with van der Waals surface area (Å²) >= 11 is 0. The van der Waals surface area contributed by atoms with Gasteiger partial charge in [0.25, 0.3) is 0 Å². The number of benzene rings is 1. The highest BCUT2D eigenvalue weighted by Crippen LogP contribution is 2.27. The molecule has 0 spiro atoms. The maximum atomic E-state index is 12.0. The molecule has 0 aromatic heterocycles. The van der Waals surface area contributed by atoms with E-state index >= 15 is 0 Å². The molecule has 0 unspecified atom stereocenters. The zero-order valence-corrected chi connectivity index (χ0v) is 17.1. The third-order valence-electron chi connectivity index (χ3n) is 6.35. The van der Waals surface area contributed by atoms with E-state index < -0.39 is 6.09 Å². The number of carboxylic acid groups (broad SMARTS) is 1. The number of carbonyl (C=O) groups excluding carboxylic acids is 2. The van der Waals surface area contributed by atoms with Crippen LogP contribution in [-0.4, -0.2) is 85.3 Å². The van der Waals surface area contributed by atoms with Crippen molar-refractivity contribution in [1.82, 2.24) is 15.1 Å². The molecule has 162 valence electrons. The van der Waals surface area contributed by atoms with Crippen LogP contribution in [0, 0.1) is 5.92 Å². The number of rotatable bonds is 4. The molecular formula is C21H29N5O4. The lowest BCUT2D eigenvalue weighted by Gasteiger charge is -2.38. The summed E-state index contributed by atoms with van der Waals surface area (Å²) in [5.41, 5.74) is 1.96. The Morgan fingerprint density at radius 1 is 0.933 bits per heavy atom. The molecule has 0 aliphatic carbocycles. The van der Waals surface area contributed by atoms with E-state index in [2.05, 4.69) is 15.1 Å². The molecule has 3 saturated heterocycles. The minimum Gasteiger partial charge on any atom is -0.465 e. The normalized spacial score (nSPS) is 21.7. The fraction of sp³-hybridized carbons (Fsp3) is 0.571. The second-order valence-corrected chi connectivity index (χ2v) is 8.27. The van der Waals surface area contributed by atoms with Gasteiger partial charge in [0.15, 0.2) is 0 Å². The fourth-order valence-corrected chi connectivity index (χ4v) is 4.51. The van der Waals surface area contributed by atoms with Gasteiger partial charge in [-0.2, -0.15) is 0 Å². The smallest absolute Gasteiger partial charge is 0.407 e. The standard InChI is InChI=1S/C21H29N5O4/c27-19-7-10-26(20(28)22-19)18-3-1-17(2-4-18)24-8-5-16(6-9-24)15-23-11-13-25(14-12-23)21(29)30/h1-4,16H,5-15H2,(H,29,30)(H,22,27,28). The van der Waals surface area contributed by atoms with E-state index in [1.807, 2.05) is 24.3 Å². The highest BCUT2D eigenvalue weighted by molar-refractivity contribution is 6.05. The average Bonchev–Trinajstić information content (AvgIpc) is 2.75. The van der Waals surface area contributed by atoms with E-state index in [-0.39, 0.29) is 11.9 Å². The van der Waals surface area contributed by atoms with Crippen LogP contribution in [0.15, 0.2) is 24.3 Å². The van der Waals surface area contributed by atoms with Crippen molar-refractivity contribution < 1.29 is 19.5 Å². The Labute approximate surface area is 176 Å². The first-order valence-electron chi connectivity index (χ1n) is 10.7. The lowest BCUT2D eigenvalue weighted by molar-refractivity contribution is -0.120. The number of piperazine rings is 1. The molecule has 0 atom stereocenters. The quantitative estimate of drug-likeness (QED) is 0.776. The van der Waals surface area contributed by atoms with Gasteiger partial charge in [-0.3, -0.25) is 19.9 Å². The van der Waals surface area contributed by atoms with Crippen LogP contribution in [0.25, 0.3) is 0 Å². The first-order chi connectivity index (χ1) is 14.5. The number of nitrogens with one attached hydrogen (secondary N) is 1. The molecule has 3 fully saturated rings. The lowest BCUT2D eigenvalue weighted by atomic mass is 9.95. The molecule has 0 radical (unpaired) electrons. The van der Waals surface area contributed by atoms with E-state index in [9.17, 15) is 14.4 Å². The third-order valence-corrected chi connectivity index (χ3v) is 6.35. The number of nitrogens with zero attached hydrogens (tertiary/aromatic N) is 4. The molecule has 9 heteroatoms. The van der Waals surface area contributed by atoms with Crippen LogP contribution in [0.2, 0.25) is 0 Å². The van der Waals surface area contributed by atoms with Gasteiger partial charge < -0.3 is 14.9 Å². The van der Waals surface area contributed by atoms with Crippen molar-refractivity contribution >= 4 is 29.4 Å². The third kappa shape index (κ3) is 4.67. The van der Waals surface area contributed by atoms with Crippen molar-refractivity contribution in [2.45, 2.75) is 19.3 Å². The van der Waals surface area contributed by atoms with Crippen molar-refractivity contribution in [2.24, 2.45) is 5.92 Å². The van der Waals surface area contributed by atoms with Crippen LogP contribution in [0.5, 0.6) is 0 Å². The van der Waals surface area contributed by atoms with Gasteiger partial charge in [-0.1, -0.05) is 0 Å². The van der Waals surface area contributed by atoms with Crippen molar-refractivity contribution in [3.63, 3.8) is 0 Å². The van der Waals surface area contributed by atoms with Gasteiger partial charge in [-0.25, -0.2) is 9.59 Å². The summed E-state index contributed by atoms with van der Waals surface area (Å²) in [6, 6.07) is 7.62. The maximum Gasteiger partial charge on any atom is 0.407 e. The molecule has 30 heavy (non-hydrogen) atoms. The van der Waals surface area contributed by atoms with E-state index in [1.165, 1.54) is 4.90 Å². The van der Waals surface area contributed by atoms with Crippen LogP contribution < -0.4 is 15.1 Å². The van der Waals surface area contributed by atoms with Gasteiger partial charge >= 0.3 is 12.1 Å². The zero-order chi connectivity index (χ0) is 21.1. The predicted octanol–water partition coefficient (Wildman–Crippen LogP) is 1.64. The Hall–Kier alpha value is -2.81. The van der Waals surface area contributed by atoms with Gasteiger partial charge in [-0.15, -0.1) is 0 Å². The van der Waals surface area contributed by atoms with Crippen LogP contribution in [-0.2, 0) is 4.79 Å². The van der Waals surface area contributed by atoms with E-state index in [4.69, 9.17) is 5.11 Å². The molecule has 0 saturated carbocycles. The number of piperidine rings is 1. The van der Waals surface area contributed by atoms with Crippen LogP contribution in [0.1, 0.15) is 19.3 Å². The molecule has 3 aliphatic rings. The summed E-state index contributed by atoms with van der Waals surface area (Å²) in [5.74, 6) is 0.422. The maximum absolute atomic E-state index is 12.0. The minimum atomic E-state index is -0.816. The Kier molecular flexibility index (Phi) is 6.08. The number of amides is 4. The second kappa shape index (κ2) is 8.91. The summed E-state index contributed by atoms with van der Waals surface area (Å²) in [7, 11) is 0. The number of anilines is 2. The molecule has 2 N–H and O–H groups in total. The minimum absolute atomic E-state index is 0.223. The molecule has 3 heterocycles. The summed E-state index contributed by atoms with van der Waals surface area (Å²) in [6.45, 7) is 6.30. The Balaban J connectivity index is 1.25. The van der Waals surface area contributed by atoms with E-state index in [0.29, 0.717) is 32.0 Å². The Morgan fingerprint density at radius 3 is 2.17 bits per heavy atom. The van der Waals surface area contributed by atoms with E-state index in [1.54, 1.807) is 4.90 Å². The summed E-state index contributed by atoms with van der Waals surface area (Å²) < 4.78 is 0. The van der Waals surface area contributed by atoms with Gasteiger partial charge in [0.05, 0.1) is 0 Å². The number of imide groups is 1. The lowest BCUT2D eigenvalue weighted by Crippen LogP contribution is -2.50. The number of carbonyl (C=O) groups is 3. The molecule has 4 amide bonds. The fourth-order valence-electron chi connectivity index (χ4n) is 4.51. The molecule has 9 nitrogen and oxygen atoms in total. The first-order valence-corrected chi connectivity index (χ1v) is 10.7. The Morgan fingerprint density at radius 2 is 1.57 bits per heavy atom. The number of urea groups is 1. The van der Waals surface area contributed by atoms with E-state index in [0.717, 1.165) is 56.9 Å².